The molecule has 0 saturated heterocycles. The van der Waals surface area contributed by atoms with Gasteiger partial charge in [-0.3, -0.25) is 4.21 Å². The van der Waals surface area contributed by atoms with E-state index in [-0.39, 0.29) is 0 Å². The number of rotatable bonds is 5. The summed E-state index contributed by atoms with van der Waals surface area (Å²) in [6.07, 6.45) is 5.15. The van der Waals surface area contributed by atoms with Gasteiger partial charge in [0, 0.05) is 27.1 Å². The maximum absolute atomic E-state index is 11.7. The lowest BCUT2D eigenvalue weighted by Crippen LogP contribution is -2.01. The van der Waals surface area contributed by atoms with Gasteiger partial charge in [-0.15, -0.1) is 11.3 Å². The molecule has 1 heterocycles. The first-order chi connectivity index (χ1) is 8.15. The highest BCUT2D eigenvalue weighted by molar-refractivity contribution is 7.84. The van der Waals surface area contributed by atoms with Crippen LogP contribution in [0.2, 0.25) is 0 Å². The average molecular weight is 290 g/mol. The lowest BCUT2D eigenvalue weighted by Gasteiger charge is -2.02. The van der Waals surface area contributed by atoms with Gasteiger partial charge in [-0.1, -0.05) is 31.0 Å². The van der Waals surface area contributed by atoms with E-state index in [1.54, 1.807) is 11.3 Å². The third kappa shape index (κ3) is 3.90. The molecule has 1 saturated carbocycles. The van der Waals surface area contributed by atoms with Gasteiger partial charge in [0.15, 0.2) is 0 Å². The Kier molecular flexibility index (Phi) is 4.77. The Labute approximate surface area is 114 Å². The van der Waals surface area contributed by atoms with E-state index in [1.807, 2.05) is 5.38 Å². The van der Waals surface area contributed by atoms with E-state index in [1.165, 1.54) is 30.7 Å². The largest absolute Gasteiger partial charge is 0.259 e. The molecule has 0 amide bonds. The first kappa shape index (κ1) is 13.2. The van der Waals surface area contributed by atoms with Gasteiger partial charge in [-0.25, -0.2) is 4.98 Å². The van der Waals surface area contributed by atoms with Crippen LogP contribution in [-0.4, -0.2) is 14.9 Å². The van der Waals surface area contributed by atoms with Crippen LogP contribution in [0.3, 0.4) is 0 Å². The Morgan fingerprint density at radius 2 is 2.29 bits per heavy atom. The van der Waals surface area contributed by atoms with Crippen molar-refractivity contribution in [3.8, 4) is 0 Å². The highest BCUT2D eigenvalue weighted by Crippen LogP contribution is 2.35. The van der Waals surface area contributed by atoms with Crippen LogP contribution in [0.25, 0.3) is 0 Å². The average Bonchev–Trinajstić information content (AvgIpc) is 2.84. The van der Waals surface area contributed by atoms with Gasteiger partial charge in [0.2, 0.25) is 0 Å². The van der Waals surface area contributed by atoms with Crippen LogP contribution in [-0.2, 0) is 16.6 Å². The van der Waals surface area contributed by atoms with Gasteiger partial charge < -0.3 is 0 Å². The smallest absolute Gasteiger partial charge is 0.0959 e. The van der Waals surface area contributed by atoms with Crippen molar-refractivity contribution in [2.75, 3.05) is 5.75 Å². The van der Waals surface area contributed by atoms with E-state index >= 15 is 0 Å². The second-order valence-electron chi connectivity index (χ2n) is 4.40. The lowest BCUT2D eigenvalue weighted by atomic mass is 10.1. The zero-order valence-corrected chi connectivity index (χ0v) is 12.0. The molecule has 0 N–H and O–H groups in total. The first-order valence-corrected chi connectivity index (χ1v) is 8.52. The van der Waals surface area contributed by atoms with Gasteiger partial charge in [-0.2, -0.15) is 0 Å². The third-order valence-electron chi connectivity index (χ3n) is 2.90. The molecular formula is C12H16ClNOS2. The van der Waals surface area contributed by atoms with Gasteiger partial charge in [-0.05, 0) is 12.8 Å². The van der Waals surface area contributed by atoms with Gasteiger partial charge in [0.1, 0.15) is 0 Å². The van der Waals surface area contributed by atoms with Gasteiger partial charge in [0.25, 0.3) is 0 Å². The van der Waals surface area contributed by atoms with Crippen molar-refractivity contribution in [3.05, 3.63) is 27.7 Å². The molecule has 2 rings (SSSR count). The fraction of sp³-hybridized carbons (Fsp3) is 0.583. The Balaban J connectivity index is 1.93. The monoisotopic (exact) mass is 289 g/mol. The highest BCUT2D eigenvalue weighted by Gasteiger charge is 2.20. The minimum absolute atomic E-state index is 0.359. The lowest BCUT2D eigenvalue weighted by molar-refractivity contribution is 0.683. The topological polar surface area (TPSA) is 30.0 Å². The van der Waals surface area contributed by atoms with Crippen molar-refractivity contribution < 1.29 is 4.21 Å². The minimum Gasteiger partial charge on any atom is -0.259 e. The van der Waals surface area contributed by atoms with Crippen LogP contribution < -0.4 is 0 Å². The van der Waals surface area contributed by atoms with Crippen molar-refractivity contribution >= 4 is 33.7 Å². The molecule has 1 fully saturated rings. The maximum Gasteiger partial charge on any atom is 0.0959 e. The summed E-state index contributed by atoms with van der Waals surface area (Å²) in [6, 6.07) is 0. The number of hydrogen-bond donors (Lipinski definition) is 0. The van der Waals surface area contributed by atoms with Crippen molar-refractivity contribution in [2.45, 2.75) is 37.4 Å². The summed E-state index contributed by atoms with van der Waals surface area (Å²) in [5, 5.41) is 3.71. The van der Waals surface area contributed by atoms with Crippen LogP contribution in [0.15, 0.2) is 17.0 Å². The molecule has 1 atom stereocenters. The molecule has 17 heavy (non-hydrogen) atoms. The van der Waals surface area contributed by atoms with Gasteiger partial charge >= 0.3 is 0 Å². The molecule has 5 heteroatoms. The molecule has 94 valence electrons. The Morgan fingerprint density at radius 1 is 1.59 bits per heavy atom. The van der Waals surface area contributed by atoms with E-state index in [0.29, 0.717) is 22.5 Å². The van der Waals surface area contributed by atoms with E-state index in [0.717, 1.165) is 5.69 Å². The highest BCUT2D eigenvalue weighted by atomic mass is 35.5. The van der Waals surface area contributed by atoms with Crippen LogP contribution in [0.4, 0.5) is 0 Å². The summed E-state index contributed by atoms with van der Waals surface area (Å²) >= 11 is 7.35. The molecular weight excluding hydrogens is 274 g/mol. The second-order valence-corrected chi connectivity index (χ2v) is 7.29. The Hall–Kier alpha value is -0.190. The Morgan fingerprint density at radius 3 is 2.94 bits per heavy atom. The van der Waals surface area contributed by atoms with Crippen LogP contribution in [0.1, 0.15) is 42.3 Å². The predicted molar refractivity (Wildman–Crippen MR) is 75.0 cm³/mol. The number of thiazole rings is 1. The minimum atomic E-state index is -0.977. The zero-order valence-electron chi connectivity index (χ0n) is 9.65. The zero-order chi connectivity index (χ0) is 12.3. The fourth-order valence-electron chi connectivity index (χ4n) is 2.14. The molecule has 0 aromatic carbocycles. The van der Waals surface area contributed by atoms with E-state index in [4.69, 9.17) is 11.6 Å². The van der Waals surface area contributed by atoms with E-state index < -0.39 is 10.8 Å². The molecule has 1 aliphatic rings. The normalized spacial score (nSPS) is 18.4. The fourth-order valence-corrected chi connectivity index (χ4v) is 4.53. The summed E-state index contributed by atoms with van der Waals surface area (Å²) in [6.45, 7) is 3.56. The quantitative estimate of drug-likeness (QED) is 0.825. The standard InChI is InChI=1S/C12H16ClNOS2/c1-9(13)7-17(15)8-11-6-16-12(14-11)10-4-2-3-5-10/h6,10H,1-5,7-8H2. The van der Waals surface area contributed by atoms with Crippen LogP contribution in [0, 0.1) is 0 Å². The maximum atomic E-state index is 11.7. The predicted octanol–water partition coefficient (Wildman–Crippen LogP) is 3.80. The summed E-state index contributed by atoms with van der Waals surface area (Å²) in [7, 11) is -0.977. The SMILES string of the molecule is C=C(Cl)CS(=O)Cc1csc(C2CCCC2)n1. The molecule has 0 aliphatic heterocycles. The number of aromatic nitrogens is 1. The number of halogens is 1. The van der Waals surface area contributed by atoms with Gasteiger partial charge in [0.05, 0.1) is 22.2 Å². The number of nitrogens with zero attached hydrogens (tertiary/aromatic N) is 1. The molecule has 0 spiro atoms. The van der Waals surface area contributed by atoms with Crippen molar-refractivity contribution in [1.29, 1.82) is 0 Å². The molecule has 1 unspecified atom stereocenters. The summed E-state index contributed by atoms with van der Waals surface area (Å²) in [5.74, 6) is 1.50. The molecule has 1 aliphatic carbocycles. The second kappa shape index (κ2) is 6.12. The van der Waals surface area contributed by atoms with E-state index in [2.05, 4.69) is 11.6 Å². The summed E-state index contributed by atoms with van der Waals surface area (Å²) in [4.78, 5) is 4.59. The first-order valence-electron chi connectivity index (χ1n) is 5.77. The van der Waals surface area contributed by atoms with Crippen molar-refractivity contribution in [1.82, 2.24) is 4.98 Å². The Bertz CT molecular complexity index is 424. The summed E-state index contributed by atoms with van der Waals surface area (Å²) < 4.78 is 11.7. The molecule has 0 radical (unpaired) electrons. The molecule has 1 aromatic heterocycles. The van der Waals surface area contributed by atoms with Crippen LogP contribution in [0.5, 0.6) is 0 Å². The van der Waals surface area contributed by atoms with Crippen molar-refractivity contribution in [3.63, 3.8) is 0 Å². The number of hydrogen-bond acceptors (Lipinski definition) is 3. The molecule has 0 bridgehead atoms. The molecule has 2 nitrogen and oxygen atoms in total. The summed E-state index contributed by atoms with van der Waals surface area (Å²) in [5.41, 5.74) is 0.938. The molecule has 1 aromatic rings. The van der Waals surface area contributed by atoms with Crippen LogP contribution >= 0.6 is 22.9 Å². The third-order valence-corrected chi connectivity index (χ3v) is 5.54. The van der Waals surface area contributed by atoms with Crippen molar-refractivity contribution in [2.24, 2.45) is 0 Å². The van der Waals surface area contributed by atoms with E-state index in [9.17, 15) is 4.21 Å².